The van der Waals surface area contributed by atoms with Crippen LogP contribution in [-0.4, -0.2) is 47.4 Å². The van der Waals surface area contributed by atoms with Gasteiger partial charge in [-0.3, -0.25) is 0 Å². The summed E-state index contributed by atoms with van der Waals surface area (Å²) in [6, 6.07) is 14.6. The van der Waals surface area contributed by atoms with E-state index in [9.17, 15) is 9.90 Å². The van der Waals surface area contributed by atoms with Crippen LogP contribution in [0.4, 0.5) is 0 Å². The molecule has 0 saturated carbocycles. The Labute approximate surface area is 151 Å². The first-order valence-electron chi connectivity index (χ1n) is 8.30. The maximum Gasteiger partial charge on any atom is 0.341 e. The Bertz CT molecular complexity index is 845. The van der Waals surface area contributed by atoms with Gasteiger partial charge in [0.25, 0.3) is 0 Å². The lowest BCUT2D eigenvalue weighted by Crippen LogP contribution is -2.31. The number of benzene rings is 2. The molecular formula is C19H21N3O4. The summed E-state index contributed by atoms with van der Waals surface area (Å²) in [6.45, 7) is 0.892. The highest BCUT2D eigenvalue weighted by molar-refractivity contribution is 5.92. The molecule has 3 N–H and O–H groups in total. The predicted molar refractivity (Wildman–Crippen MR) is 97.1 cm³/mol. The SMILES string of the molecule is COC(=O)c1ccccc1OCC(O)CNCc1nc2ccccc2[nH]1. The first-order valence-corrected chi connectivity index (χ1v) is 8.30. The summed E-state index contributed by atoms with van der Waals surface area (Å²) >= 11 is 0. The number of fused-ring (bicyclic) bond motifs is 1. The number of para-hydroxylation sites is 3. The number of aromatic amines is 1. The molecule has 3 aromatic rings. The van der Waals surface area contributed by atoms with Crippen LogP contribution in [0.3, 0.4) is 0 Å². The second-order valence-electron chi connectivity index (χ2n) is 5.78. The van der Waals surface area contributed by atoms with Crippen molar-refractivity contribution in [3.63, 3.8) is 0 Å². The number of aliphatic hydroxyl groups excluding tert-OH is 1. The van der Waals surface area contributed by atoms with E-state index >= 15 is 0 Å². The van der Waals surface area contributed by atoms with Gasteiger partial charge in [0, 0.05) is 6.54 Å². The summed E-state index contributed by atoms with van der Waals surface area (Å²) in [5.74, 6) is 0.712. The number of nitrogens with zero attached hydrogens (tertiary/aromatic N) is 1. The number of H-pyrrole nitrogens is 1. The molecule has 3 rings (SSSR count). The number of carbonyl (C=O) groups is 1. The fraction of sp³-hybridized carbons (Fsp3) is 0.263. The largest absolute Gasteiger partial charge is 0.490 e. The van der Waals surface area contributed by atoms with Crippen molar-refractivity contribution < 1.29 is 19.4 Å². The van der Waals surface area contributed by atoms with Crippen molar-refractivity contribution in [3.8, 4) is 5.75 Å². The molecule has 7 nitrogen and oxygen atoms in total. The van der Waals surface area contributed by atoms with Gasteiger partial charge in [-0.1, -0.05) is 24.3 Å². The van der Waals surface area contributed by atoms with Gasteiger partial charge in [0.05, 0.1) is 24.7 Å². The van der Waals surface area contributed by atoms with Gasteiger partial charge in [0.2, 0.25) is 0 Å². The number of aliphatic hydroxyl groups is 1. The number of ether oxygens (including phenoxy) is 2. The third-order valence-corrected chi connectivity index (χ3v) is 3.83. The van der Waals surface area contributed by atoms with Gasteiger partial charge < -0.3 is 24.9 Å². The van der Waals surface area contributed by atoms with E-state index in [1.807, 2.05) is 24.3 Å². The molecule has 0 aliphatic carbocycles. The first kappa shape index (κ1) is 17.9. The van der Waals surface area contributed by atoms with E-state index in [1.165, 1.54) is 7.11 Å². The molecule has 0 bridgehead atoms. The van der Waals surface area contributed by atoms with Crippen LogP contribution in [0.1, 0.15) is 16.2 Å². The van der Waals surface area contributed by atoms with Crippen LogP contribution >= 0.6 is 0 Å². The van der Waals surface area contributed by atoms with Crippen LogP contribution in [0.15, 0.2) is 48.5 Å². The Morgan fingerprint density at radius 2 is 2.00 bits per heavy atom. The Morgan fingerprint density at radius 1 is 1.23 bits per heavy atom. The fourth-order valence-electron chi connectivity index (χ4n) is 2.56. The smallest absolute Gasteiger partial charge is 0.341 e. The van der Waals surface area contributed by atoms with E-state index in [4.69, 9.17) is 9.47 Å². The van der Waals surface area contributed by atoms with Gasteiger partial charge in [0.1, 0.15) is 29.8 Å². The number of methoxy groups -OCH3 is 1. The molecule has 1 atom stereocenters. The quantitative estimate of drug-likeness (QED) is 0.534. The Morgan fingerprint density at radius 3 is 2.81 bits per heavy atom. The third-order valence-electron chi connectivity index (χ3n) is 3.83. The molecule has 7 heteroatoms. The van der Waals surface area contributed by atoms with E-state index in [-0.39, 0.29) is 6.61 Å². The molecule has 136 valence electrons. The van der Waals surface area contributed by atoms with Crippen molar-refractivity contribution in [2.45, 2.75) is 12.6 Å². The van der Waals surface area contributed by atoms with Crippen molar-refractivity contribution in [1.82, 2.24) is 15.3 Å². The molecule has 0 aliphatic heterocycles. The average Bonchev–Trinajstić information content (AvgIpc) is 3.08. The second kappa shape index (κ2) is 8.46. The molecule has 1 heterocycles. The van der Waals surface area contributed by atoms with Gasteiger partial charge in [-0.2, -0.15) is 0 Å². The summed E-state index contributed by atoms with van der Waals surface area (Å²) in [7, 11) is 1.32. The minimum absolute atomic E-state index is 0.0567. The fourth-order valence-corrected chi connectivity index (χ4v) is 2.56. The molecule has 2 aromatic carbocycles. The van der Waals surface area contributed by atoms with Crippen LogP contribution in [0.2, 0.25) is 0 Å². The predicted octanol–water partition coefficient (Wildman–Crippen LogP) is 1.88. The highest BCUT2D eigenvalue weighted by atomic mass is 16.5. The zero-order valence-electron chi connectivity index (χ0n) is 14.4. The molecule has 1 aromatic heterocycles. The van der Waals surface area contributed by atoms with Gasteiger partial charge >= 0.3 is 5.97 Å². The van der Waals surface area contributed by atoms with Crippen LogP contribution in [0.5, 0.6) is 5.75 Å². The summed E-state index contributed by atoms with van der Waals surface area (Å²) in [4.78, 5) is 19.4. The second-order valence-corrected chi connectivity index (χ2v) is 5.78. The summed E-state index contributed by atoms with van der Waals surface area (Å²) in [5.41, 5.74) is 2.22. The molecule has 0 saturated heterocycles. The zero-order chi connectivity index (χ0) is 18.4. The monoisotopic (exact) mass is 355 g/mol. The lowest BCUT2D eigenvalue weighted by molar-refractivity contribution is 0.0588. The zero-order valence-corrected chi connectivity index (χ0v) is 14.4. The van der Waals surface area contributed by atoms with E-state index < -0.39 is 12.1 Å². The standard InChI is InChI=1S/C19H21N3O4/c1-25-19(24)14-6-2-5-9-17(14)26-12-13(23)10-20-11-18-21-15-7-3-4-8-16(15)22-18/h2-9,13,20,23H,10-12H2,1H3,(H,21,22). The highest BCUT2D eigenvalue weighted by Gasteiger charge is 2.13. The van der Waals surface area contributed by atoms with Crippen molar-refractivity contribution in [3.05, 3.63) is 59.9 Å². The Hall–Kier alpha value is -2.90. The lowest BCUT2D eigenvalue weighted by atomic mass is 10.2. The minimum Gasteiger partial charge on any atom is -0.490 e. The van der Waals surface area contributed by atoms with Crippen LogP contribution < -0.4 is 10.1 Å². The maximum absolute atomic E-state index is 11.7. The van der Waals surface area contributed by atoms with Crippen molar-refractivity contribution >= 4 is 17.0 Å². The number of hydrogen-bond acceptors (Lipinski definition) is 6. The normalized spacial score (nSPS) is 12.1. The molecule has 1 unspecified atom stereocenters. The van der Waals surface area contributed by atoms with Crippen LogP contribution in [0, 0.1) is 0 Å². The van der Waals surface area contributed by atoms with Gasteiger partial charge in [-0.25, -0.2) is 9.78 Å². The molecule has 0 spiro atoms. The maximum atomic E-state index is 11.7. The summed E-state index contributed by atoms with van der Waals surface area (Å²) in [6.07, 6.45) is -0.731. The third kappa shape index (κ3) is 4.38. The molecular weight excluding hydrogens is 334 g/mol. The van der Waals surface area contributed by atoms with E-state index in [0.29, 0.717) is 24.4 Å². The van der Waals surface area contributed by atoms with Gasteiger partial charge in [-0.15, -0.1) is 0 Å². The van der Waals surface area contributed by atoms with Crippen molar-refractivity contribution in [2.75, 3.05) is 20.3 Å². The van der Waals surface area contributed by atoms with Crippen molar-refractivity contribution in [2.24, 2.45) is 0 Å². The number of esters is 1. The minimum atomic E-state index is -0.731. The average molecular weight is 355 g/mol. The van der Waals surface area contributed by atoms with Gasteiger partial charge in [-0.05, 0) is 24.3 Å². The summed E-state index contributed by atoms with van der Waals surface area (Å²) in [5, 5.41) is 13.2. The molecule has 0 amide bonds. The number of nitrogens with one attached hydrogen (secondary N) is 2. The number of imidazole rings is 1. The molecule has 0 radical (unpaired) electrons. The molecule has 0 fully saturated rings. The lowest BCUT2D eigenvalue weighted by Gasteiger charge is -2.14. The van der Waals surface area contributed by atoms with E-state index in [0.717, 1.165) is 16.9 Å². The molecule has 0 aliphatic rings. The van der Waals surface area contributed by atoms with Crippen LogP contribution in [-0.2, 0) is 11.3 Å². The van der Waals surface area contributed by atoms with E-state index in [1.54, 1.807) is 24.3 Å². The van der Waals surface area contributed by atoms with Crippen molar-refractivity contribution in [1.29, 1.82) is 0 Å². The Kier molecular flexibility index (Phi) is 5.83. The topological polar surface area (TPSA) is 96.5 Å². The Balaban J connectivity index is 1.47. The first-order chi connectivity index (χ1) is 12.7. The molecule has 26 heavy (non-hydrogen) atoms. The number of hydrogen-bond donors (Lipinski definition) is 3. The van der Waals surface area contributed by atoms with E-state index in [2.05, 4.69) is 15.3 Å². The number of carbonyl (C=O) groups excluding carboxylic acids is 1. The number of aromatic nitrogens is 2. The highest BCUT2D eigenvalue weighted by Crippen LogP contribution is 2.19. The summed E-state index contributed by atoms with van der Waals surface area (Å²) < 4.78 is 10.3. The van der Waals surface area contributed by atoms with Gasteiger partial charge in [0.15, 0.2) is 0 Å². The van der Waals surface area contributed by atoms with Crippen LogP contribution in [0.25, 0.3) is 11.0 Å². The number of rotatable bonds is 8.